The second-order valence-corrected chi connectivity index (χ2v) is 8.02. The van der Waals surface area contributed by atoms with Crippen molar-refractivity contribution < 1.29 is 9.90 Å². The van der Waals surface area contributed by atoms with E-state index in [1.807, 2.05) is 36.4 Å². The molecule has 1 heterocycles. The molecule has 1 amide bonds. The highest BCUT2D eigenvalue weighted by Crippen LogP contribution is 2.30. The summed E-state index contributed by atoms with van der Waals surface area (Å²) in [5.74, 6) is -0.00712. The van der Waals surface area contributed by atoms with E-state index >= 15 is 0 Å². The molecule has 0 aliphatic heterocycles. The summed E-state index contributed by atoms with van der Waals surface area (Å²) in [7, 11) is 0. The van der Waals surface area contributed by atoms with Crippen molar-refractivity contribution in [1.82, 2.24) is 10.4 Å². The molecule has 5 nitrogen and oxygen atoms in total. The van der Waals surface area contributed by atoms with Crippen LogP contribution in [0.25, 0.3) is 10.9 Å². The molecule has 3 aromatic rings. The quantitative estimate of drug-likeness (QED) is 0.306. The number of carbonyl (C=O) groups is 1. The van der Waals surface area contributed by atoms with Crippen molar-refractivity contribution >= 4 is 66.6 Å². The minimum atomic E-state index is -0.255. The van der Waals surface area contributed by atoms with Crippen LogP contribution >= 0.6 is 43.6 Å². The second-order valence-electron chi connectivity index (χ2n) is 5.25. The van der Waals surface area contributed by atoms with Crippen LogP contribution in [-0.4, -0.2) is 28.0 Å². The van der Waals surface area contributed by atoms with Crippen LogP contribution in [0.4, 0.5) is 0 Å². The summed E-state index contributed by atoms with van der Waals surface area (Å²) < 4.78 is 1.32. The smallest absolute Gasteiger partial charge is 0.250 e. The molecule has 8 heteroatoms. The summed E-state index contributed by atoms with van der Waals surface area (Å²) in [5.41, 5.74) is 3.82. The molecule has 2 N–H and O–H groups in total. The van der Waals surface area contributed by atoms with Gasteiger partial charge in [-0.15, -0.1) is 0 Å². The van der Waals surface area contributed by atoms with E-state index in [2.05, 4.69) is 47.4 Å². The standard InChI is InChI=1S/C18H13Br2N3O2S/c19-13-7-12(18(25)14(20)8-13)9-21-23-16(24)10-26-17-6-5-11-3-1-2-4-15(11)22-17/h1-9,25H,10H2,(H,23,24)/b21-9+. The van der Waals surface area contributed by atoms with E-state index < -0.39 is 0 Å². The van der Waals surface area contributed by atoms with Gasteiger partial charge in [0.05, 0.1) is 27.0 Å². The first-order valence-corrected chi connectivity index (χ1v) is 10.1. The van der Waals surface area contributed by atoms with Gasteiger partial charge in [-0.3, -0.25) is 4.79 Å². The van der Waals surface area contributed by atoms with Gasteiger partial charge in [-0.2, -0.15) is 5.10 Å². The molecule has 0 saturated carbocycles. The van der Waals surface area contributed by atoms with Crippen molar-refractivity contribution in [1.29, 1.82) is 0 Å². The number of aromatic nitrogens is 1. The van der Waals surface area contributed by atoms with Crippen LogP contribution < -0.4 is 5.43 Å². The predicted octanol–water partition coefficient (Wildman–Crippen LogP) is 4.71. The van der Waals surface area contributed by atoms with Gasteiger partial charge in [-0.1, -0.05) is 52.0 Å². The maximum Gasteiger partial charge on any atom is 0.250 e. The Morgan fingerprint density at radius 1 is 1.23 bits per heavy atom. The third-order valence-corrected chi connectivity index (χ3v) is 5.37. The highest BCUT2D eigenvalue weighted by atomic mass is 79.9. The van der Waals surface area contributed by atoms with Crippen LogP contribution in [0.15, 0.2) is 67.6 Å². The molecular weight excluding hydrogens is 482 g/mol. The average molecular weight is 495 g/mol. The number of phenols is 1. The van der Waals surface area contributed by atoms with Crippen LogP contribution in [-0.2, 0) is 4.79 Å². The Kier molecular flexibility index (Phi) is 6.29. The monoisotopic (exact) mass is 493 g/mol. The van der Waals surface area contributed by atoms with E-state index in [1.165, 1.54) is 18.0 Å². The molecule has 0 spiro atoms. The lowest BCUT2D eigenvalue weighted by Crippen LogP contribution is -2.19. The van der Waals surface area contributed by atoms with E-state index in [-0.39, 0.29) is 17.4 Å². The number of pyridine rings is 1. The van der Waals surface area contributed by atoms with Crippen molar-refractivity contribution in [2.24, 2.45) is 5.10 Å². The molecule has 0 bridgehead atoms. The van der Waals surface area contributed by atoms with Gasteiger partial charge in [0.1, 0.15) is 5.75 Å². The van der Waals surface area contributed by atoms with Crippen LogP contribution in [0.5, 0.6) is 5.75 Å². The first-order chi connectivity index (χ1) is 12.5. The largest absolute Gasteiger partial charge is 0.506 e. The summed E-state index contributed by atoms with van der Waals surface area (Å²) >= 11 is 7.92. The van der Waals surface area contributed by atoms with Gasteiger partial charge >= 0.3 is 0 Å². The minimum absolute atomic E-state index is 0.0564. The van der Waals surface area contributed by atoms with Crippen molar-refractivity contribution in [2.45, 2.75) is 5.03 Å². The normalized spacial score (nSPS) is 11.2. The van der Waals surface area contributed by atoms with E-state index in [0.717, 1.165) is 20.4 Å². The molecule has 1 aromatic heterocycles. The summed E-state index contributed by atoms with van der Waals surface area (Å²) in [6.45, 7) is 0. The maximum absolute atomic E-state index is 11.9. The lowest BCUT2D eigenvalue weighted by atomic mass is 10.2. The average Bonchev–Trinajstić information content (AvgIpc) is 2.63. The molecule has 0 aliphatic carbocycles. The number of halogens is 2. The highest BCUT2D eigenvalue weighted by Gasteiger charge is 2.06. The van der Waals surface area contributed by atoms with Gasteiger partial charge in [0, 0.05) is 15.4 Å². The number of para-hydroxylation sites is 1. The van der Waals surface area contributed by atoms with Gasteiger partial charge in [0.25, 0.3) is 0 Å². The minimum Gasteiger partial charge on any atom is -0.506 e. The highest BCUT2D eigenvalue weighted by molar-refractivity contribution is 9.11. The van der Waals surface area contributed by atoms with Crippen LogP contribution in [0.3, 0.4) is 0 Å². The lowest BCUT2D eigenvalue weighted by molar-refractivity contribution is -0.118. The molecule has 0 saturated heterocycles. The molecular formula is C18H13Br2N3O2S. The fourth-order valence-electron chi connectivity index (χ4n) is 2.16. The zero-order valence-electron chi connectivity index (χ0n) is 13.3. The summed E-state index contributed by atoms with van der Waals surface area (Å²) in [5, 5.41) is 15.7. The number of hydrogen-bond acceptors (Lipinski definition) is 5. The maximum atomic E-state index is 11.9. The van der Waals surface area contributed by atoms with Crippen molar-refractivity contribution in [3.63, 3.8) is 0 Å². The molecule has 0 fully saturated rings. The zero-order chi connectivity index (χ0) is 18.5. The number of phenolic OH excluding ortho intramolecular Hbond substituents is 1. The zero-order valence-corrected chi connectivity index (χ0v) is 17.3. The van der Waals surface area contributed by atoms with Crippen LogP contribution in [0.1, 0.15) is 5.56 Å². The van der Waals surface area contributed by atoms with Gasteiger partial charge in [-0.25, -0.2) is 10.4 Å². The molecule has 26 heavy (non-hydrogen) atoms. The Bertz CT molecular complexity index is 995. The first kappa shape index (κ1) is 18.9. The summed E-state index contributed by atoms with van der Waals surface area (Å²) in [4.78, 5) is 16.4. The van der Waals surface area contributed by atoms with Crippen molar-refractivity contribution in [3.05, 3.63) is 63.0 Å². The van der Waals surface area contributed by atoms with Crippen molar-refractivity contribution in [3.8, 4) is 5.75 Å². The molecule has 0 atom stereocenters. The van der Waals surface area contributed by atoms with Crippen LogP contribution in [0, 0.1) is 0 Å². The van der Waals surface area contributed by atoms with Gasteiger partial charge < -0.3 is 5.11 Å². The van der Waals surface area contributed by atoms with Gasteiger partial charge in [0.2, 0.25) is 5.91 Å². The number of fused-ring (bicyclic) bond motifs is 1. The fraction of sp³-hybridized carbons (Fsp3) is 0.0556. The van der Waals surface area contributed by atoms with E-state index in [4.69, 9.17) is 0 Å². The number of nitrogens with zero attached hydrogens (tertiary/aromatic N) is 2. The predicted molar refractivity (Wildman–Crippen MR) is 112 cm³/mol. The number of nitrogens with one attached hydrogen (secondary N) is 1. The number of hydrogen-bond donors (Lipinski definition) is 2. The Labute approximate surface area is 171 Å². The second kappa shape index (κ2) is 8.66. The van der Waals surface area contributed by atoms with Gasteiger partial charge in [0.15, 0.2) is 0 Å². The number of carbonyl (C=O) groups excluding carboxylic acids is 1. The Hall–Kier alpha value is -1.90. The first-order valence-electron chi connectivity index (χ1n) is 7.51. The Morgan fingerprint density at radius 2 is 2.04 bits per heavy atom. The third-order valence-electron chi connectivity index (χ3n) is 3.37. The lowest BCUT2D eigenvalue weighted by Gasteiger charge is -2.04. The SMILES string of the molecule is O=C(CSc1ccc2ccccc2n1)N/N=C/c1cc(Br)cc(Br)c1O. The number of hydrazone groups is 1. The van der Waals surface area contributed by atoms with E-state index in [1.54, 1.807) is 12.1 Å². The van der Waals surface area contributed by atoms with Crippen molar-refractivity contribution in [2.75, 3.05) is 5.75 Å². The molecule has 2 aromatic carbocycles. The summed E-state index contributed by atoms with van der Waals surface area (Å²) in [6.07, 6.45) is 1.39. The van der Waals surface area contributed by atoms with E-state index in [9.17, 15) is 9.90 Å². The van der Waals surface area contributed by atoms with E-state index in [0.29, 0.717) is 10.0 Å². The Balaban J connectivity index is 1.57. The molecule has 0 radical (unpaired) electrons. The number of benzene rings is 2. The molecule has 3 rings (SSSR count). The number of thioether (sulfide) groups is 1. The topological polar surface area (TPSA) is 74.6 Å². The third kappa shape index (κ3) is 4.84. The number of aromatic hydroxyl groups is 1. The molecule has 132 valence electrons. The van der Waals surface area contributed by atoms with Gasteiger partial charge in [-0.05, 0) is 40.2 Å². The fourth-order valence-corrected chi connectivity index (χ4v) is 4.09. The number of rotatable bonds is 5. The molecule has 0 aliphatic rings. The Morgan fingerprint density at radius 3 is 2.88 bits per heavy atom. The number of amides is 1. The molecule has 0 unspecified atom stereocenters. The van der Waals surface area contributed by atoms with Crippen LogP contribution in [0.2, 0.25) is 0 Å². The summed E-state index contributed by atoms with van der Waals surface area (Å²) in [6, 6.07) is 15.1.